The maximum atomic E-state index is 11.1. The maximum Gasteiger partial charge on any atom is 0.249 e. The van der Waals surface area contributed by atoms with Crippen molar-refractivity contribution in [3.05, 3.63) is 16.8 Å². The first-order valence-corrected chi connectivity index (χ1v) is 4.82. The third-order valence-corrected chi connectivity index (χ3v) is 2.51. The van der Waals surface area contributed by atoms with Gasteiger partial charge in [0.25, 0.3) is 0 Å². The van der Waals surface area contributed by atoms with Gasteiger partial charge in [-0.25, -0.2) is 0 Å². The molecule has 1 aromatic rings. The summed E-state index contributed by atoms with van der Waals surface area (Å²) in [6, 6.07) is 1.47. The smallest absolute Gasteiger partial charge is 0.249 e. The van der Waals surface area contributed by atoms with Crippen LogP contribution in [0.1, 0.15) is 6.42 Å². The van der Waals surface area contributed by atoms with Crippen LogP contribution < -0.4 is 10.6 Å². The molecule has 0 bridgehead atoms. The van der Waals surface area contributed by atoms with Crippen molar-refractivity contribution in [2.75, 3.05) is 5.32 Å². The number of carbonyl (C=O) groups excluding carboxylic acids is 2. The molecule has 5 heteroatoms. The van der Waals surface area contributed by atoms with Crippen LogP contribution in [0.2, 0.25) is 0 Å². The van der Waals surface area contributed by atoms with E-state index in [1.54, 1.807) is 11.3 Å². The number of rotatable bonds is 2. The Kier molecular flexibility index (Phi) is 2.02. The van der Waals surface area contributed by atoms with Crippen LogP contribution in [0, 0.1) is 0 Å². The van der Waals surface area contributed by atoms with Gasteiger partial charge in [0.15, 0.2) is 0 Å². The minimum absolute atomic E-state index is 0.210. The second-order valence-corrected chi connectivity index (χ2v) is 3.61. The van der Waals surface area contributed by atoms with Crippen molar-refractivity contribution in [1.82, 2.24) is 5.32 Å². The van der Waals surface area contributed by atoms with Gasteiger partial charge in [-0.3, -0.25) is 14.9 Å². The lowest BCUT2D eigenvalue weighted by Gasteiger charge is -2.07. The second-order valence-electron chi connectivity index (χ2n) is 2.83. The summed E-state index contributed by atoms with van der Waals surface area (Å²) in [4.78, 5) is 21.9. The maximum absolute atomic E-state index is 11.1. The van der Waals surface area contributed by atoms with Gasteiger partial charge in [-0.2, -0.15) is 11.3 Å². The van der Waals surface area contributed by atoms with Gasteiger partial charge in [-0.1, -0.05) is 0 Å². The first kappa shape index (κ1) is 8.25. The predicted octanol–water partition coefficient (Wildman–Crippen LogP) is 0.575. The zero-order chi connectivity index (χ0) is 9.26. The van der Waals surface area contributed by atoms with Crippen LogP contribution in [-0.4, -0.2) is 17.9 Å². The summed E-state index contributed by atoms with van der Waals surface area (Å²) < 4.78 is 0. The highest BCUT2D eigenvalue weighted by Gasteiger charge is 2.30. The molecule has 2 amide bonds. The monoisotopic (exact) mass is 196 g/mol. The Morgan fingerprint density at radius 3 is 2.92 bits per heavy atom. The summed E-state index contributed by atoms with van der Waals surface area (Å²) in [7, 11) is 0. The Hall–Kier alpha value is -1.36. The van der Waals surface area contributed by atoms with E-state index in [0.717, 1.165) is 5.69 Å². The largest absolute Gasteiger partial charge is 0.373 e. The lowest BCUT2D eigenvalue weighted by molar-refractivity contribution is -0.124. The Bertz CT molecular complexity index is 334. The van der Waals surface area contributed by atoms with E-state index in [4.69, 9.17) is 0 Å². The van der Waals surface area contributed by atoms with Crippen LogP contribution in [0.3, 0.4) is 0 Å². The molecular formula is C8H8N2O2S. The lowest BCUT2D eigenvalue weighted by Crippen LogP contribution is -2.29. The average molecular weight is 196 g/mol. The molecule has 2 heterocycles. The van der Waals surface area contributed by atoms with Crippen LogP contribution in [0.5, 0.6) is 0 Å². The summed E-state index contributed by atoms with van der Waals surface area (Å²) in [5.41, 5.74) is 0.889. The number of amides is 2. The molecule has 0 spiro atoms. The number of anilines is 1. The number of hydrogen-bond donors (Lipinski definition) is 2. The van der Waals surface area contributed by atoms with E-state index in [1.165, 1.54) is 0 Å². The molecule has 1 fully saturated rings. The Labute approximate surface area is 78.9 Å². The van der Waals surface area contributed by atoms with Crippen molar-refractivity contribution < 1.29 is 9.59 Å². The van der Waals surface area contributed by atoms with Crippen LogP contribution >= 0.6 is 11.3 Å². The SMILES string of the molecule is O=C1CC(Nc2ccsc2)C(=O)N1. The van der Waals surface area contributed by atoms with Gasteiger partial charge in [0.05, 0.1) is 6.42 Å². The van der Waals surface area contributed by atoms with Crippen LogP contribution in [-0.2, 0) is 9.59 Å². The third kappa shape index (κ3) is 1.70. The summed E-state index contributed by atoms with van der Waals surface area (Å²) in [6.07, 6.45) is 0.231. The van der Waals surface area contributed by atoms with Gasteiger partial charge in [0.2, 0.25) is 11.8 Å². The Balaban J connectivity index is 2.03. The standard InChI is InChI=1S/C8H8N2O2S/c11-7-3-6(8(12)10-7)9-5-1-2-13-4-5/h1-2,4,6,9H,3H2,(H,10,11,12). The van der Waals surface area contributed by atoms with Gasteiger partial charge in [-0.05, 0) is 11.4 Å². The molecule has 0 saturated carbocycles. The molecule has 1 aromatic heterocycles. The number of carbonyl (C=O) groups is 2. The summed E-state index contributed by atoms with van der Waals surface area (Å²) in [6.45, 7) is 0. The third-order valence-electron chi connectivity index (χ3n) is 1.83. The highest BCUT2D eigenvalue weighted by molar-refractivity contribution is 7.08. The molecule has 2 N–H and O–H groups in total. The topological polar surface area (TPSA) is 58.2 Å². The molecule has 1 aliphatic heterocycles. The average Bonchev–Trinajstić information content (AvgIpc) is 2.63. The summed E-state index contributed by atoms with van der Waals surface area (Å²) >= 11 is 1.55. The van der Waals surface area contributed by atoms with Crippen molar-refractivity contribution in [3.8, 4) is 0 Å². The molecule has 13 heavy (non-hydrogen) atoms. The highest BCUT2D eigenvalue weighted by Crippen LogP contribution is 2.15. The molecule has 1 aliphatic rings. The van der Waals surface area contributed by atoms with E-state index >= 15 is 0 Å². The van der Waals surface area contributed by atoms with Crippen molar-refractivity contribution in [2.45, 2.75) is 12.5 Å². The van der Waals surface area contributed by atoms with Crippen molar-refractivity contribution in [3.63, 3.8) is 0 Å². The van der Waals surface area contributed by atoms with Gasteiger partial charge in [0.1, 0.15) is 6.04 Å². The molecule has 68 valence electrons. The molecule has 0 aromatic carbocycles. The quantitative estimate of drug-likeness (QED) is 0.680. The van der Waals surface area contributed by atoms with Crippen molar-refractivity contribution >= 4 is 28.8 Å². The number of imide groups is 1. The van der Waals surface area contributed by atoms with Gasteiger partial charge in [-0.15, -0.1) is 0 Å². The van der Waals surface area contributed by atoms with E-state index in [2.05, 4.69) is 10.6 Å². The van der Waals surface area contributed by atoms with Crippen molar-refractivity contribution in [2.24, 2.45) is 0 Å². The molecule has 1 atom stereocenters. The predicted molar refractivity (Wildman–Crippen MR) is 49.5 cm³/mol. The van der Waals surface area contributed by atoms with E-state index in [0.29, 0.717) is 0 Å². The van der Waals surface area contributed by atoms with Crippen molar-refractivity contribution in [1.29, 1.82) is 0 Å². The van der Waals surface area contributed by atoms with E-state index < -0.39 is 6.04 Å². The Morgan fingerprint density at radius 2 is 2.38 bits per heavy atom. The minimum atomic E-state index is -0.401. The highest BCUT2D eigenvalue weighted by atomic mass is 32.1. The lowest BCUT2D eigenvalue weighted by atomic mass is 10.2. The van der Waals surface area contributed by atoms with E-state index in [1.807, 2.05) is 16.8 Å². The molecule has 4 nitrogen and oxygen atoms in total. The fourth-order valence-corrected chi connectivity index (χ4v) is 1.81. The molecule has 0 radical (unpaired) electrons. The second kappa shape index (κ2) is 3.18. The summed E-state index contributed by atoms with van der Waals surface area (Å²) in [5.74, 6) is -0.450. The molecular weight excluding hydrogens is 188 g/mol. The minimum Gasteiger partial charge on any atom is -0.373 e. The molecule has 2 rings (SSSR count). The Morgan fingerprint density at radius 1 is 1.54 bits per heavy atom. The van der Waals surface area contributed by atoms with E-state index in [-0.39, 0.29) is 18.2 Å². The van der Waals surface area contributed by atoms with Crippen LogP contribution in [0.15, 0.2) is 16.8 Å². The van der Waals surface area contributed by atoms with Crippen LogP contribution in [0.4, 0.5) is 5.69 Å². The van der Waals surface area contributed by atoms with E-state index in [9.17, 15) is 9.59 Å². The summed E-state index contributed by atoms with van der Waals surface area (Å²) in [5, 5.41) is 9.03. The first-order valence-electron chi connectivity index (χ1n) is 3.88. The number of nitrogens with one attached hydrogen (secondary N) is 2. The molecule has 1 unspecified atom stereocenters. The van der Waals surface area contributed by atoms with Crippen LogP contribution in [0.25, 0.3) is 0 Å². The zero-order valence-corrected chi connectivity index (χ0v) is 7.56. The first-order chi connectivity index (χ1) is 6.25. The fourth-order valence-electron chi connectivity index (χ4n) is 1.22. The fraction of sp³-hybridized carbons (Fsp3) is 0.250. The normalized spacial score (nSPS) is 21.7. The van der Waals surface area contributed by atoms with Gasteiger partial charge >= 0.3 is 0 Å². The number of hydrogen-bond acceptors (Lipinski definition) is 4. The zero-order valence-electron chi connectivity index (χ0n) is 6.74. The molecule has 1 saturated heterocycles. The van der Waals surface area contributed by atoms with Gasteiger partial charge < -0.3 is 5.32 Å². The number of thiophene rings is 1. The van der Waals surface area contributed by atoms with Gasteiger partial charge in [0, 0.05) is 11.1 Å². The molecule has 0 aliphatic carbocycles.